The van der Waals surface area contributed by atoms with Gasteiger partial charge in [0.05, 0.1) is 0 Å². The van der Waals surface area contributed by atoms with Gasteiger partial charge in [0.15, 0.2) is 0 Å². The van der Waals surface area contributed by atoms with Crippen molar-refractivity contribution < 1.29 is 9.90 Å². The lowest BCUT2D eigenvalue weighted by Gasteiger charge is -2.38. The summed E-state index contributed by atoms with van der Waals surface area (Å²) in [7, 11) is 0. The monoisotopic (exact) mass is 311 g/mol. The third-order valence-corrected chi connectivity index (χ3v) is 4.44. The van der Waals surface area contributed by atoms with Gasteiger partial charge in [0, 0.05) is 13.0 Å². The summed E-state index contributed by atoms with van der Waals surface area (Å²) < 4.78 is 0. The van der Waals surface area contributed by atoms with E-state index in [9.17, 15) is 4.79 Å². The molecule has 4 heteroatoms. The first-order valence-corrected chi connectivity index (χ1v) is 7.69. The van der Waals surface area contributed by atoms with E-state index in [1.54, 1.807) is 0 Å². The molecule has 1 aliphatic rings. The van der Waals surface area contributed by atoms with Crippen LogP contribution >= 0.6 is 12.4 Å². The van der Waals surface area contributed by atoms with Gasteiger partial charge in [-0.05, 0) is 43.3 Å². The van der Waals surface area contributed by atoms with Gasteiger partial charge in [-0.15, -0.1) is 12.4 Å². The van der Waals surface area contributed by atoms with Crippen molar-refractivity contribution in [2.24, 2.45) is 5.92 Å². The smallest absolute Gasteiger partial charge is 0.303 e. The highest BCUT2D eigenvalue weighted by Crippen LogP contribution is 2.34. The molecule has 1 aromatic rings. The second kappa shape index (κ2) is 9.06. The Bertz CT molecular complexity index is 424. The Labute approximate surface area is 133 Å². The van der Waals surface area contributed by atoms with E-state index < -0.39 is 5.97 Å². The fourth-order valence-corrected chi connectivity index (χ4v) is 3.32. The minimum atomic E-state index is -0.684. The minimum Gasteiger partial charge on any atom is -0.481 e. The van der Waals surface area contributed by atoms with E-state index >= 15 is 0 Å². The van der Waals surface area contributed by atoms with Gasteiger partial charge in [-0.1, -0.05) is 43.7 Å². The molecule has 1 saturated heterocycles. The van der Waals surface area contributed by atoms with Gasteiger partial charge >= 0.3 is 5.97 Å². The van der Waals surface area contributed by atoms with E-state index in [0.717, 1.165) is 26.1 Å². The van der Waals surface area contributed by atoms with Crippen molar-refractivity contribution in [2.45, 2.75) is 38.5 Å². The molecule has 2 unspecified atom stereocenters. The number of carbonyl (C=O) groups is 1. The number of hydrogen-bond acceptors (Lipinski definition) is 2. The quantitative estimate of drug-likeness (QED) is 0.869. The van der Waals surface area contributed by atoms with Gasteiger partial charge in [-0.2, -0.15) is 0 Å². The van der Waals surface area contributed by atoms with Crippen molar-refractivity contribution in [3.63, 3.8) is 0 Å². The second-order valence-corrected chi connectivity index (χ2v) is 5.77. The maximum Gasteiger partial charge on any atom is 0.303 e. The van der Waals surface area contributed by atoms with E-state index in [2.05, 4.69) is 42.2 Å². The molecule has 0 amide bonds. The molecule has 1 aromatic carbocycles. The minimum absolute atomic E-state index is 0. The van der Waals surface area contributed by atoms with Crippen LogP contribution in [0.2, 0.25) is 0 Å². The predicted octanol–water partition coefficient (Wildman–Crippen LogP) is 3.79. The number of piperidine rings is 1. The van der Waals surface area contributed by atoms with Gasteiger partial charge in [-0.3, -0.25) is 4.79 Å². The van der Waals surface area contributed by atoms with Crippen LogP contribution in [0.5, 0.6) is 0 Å². The van der Waals surface area contributed by atoms with Crippen LogP contribution in [0, 0.1) is 5.92 Å². The fraction of sp³-hybridized carbons (Fsp3) is 0.588. The van der Waals surface area contributed by atoms with Gasteiger partial charge in [-0.25, -0.2) is 0 Å². The maximum absolute atomic E-state index is 10.6. The molecule has 1 N–H and O–H groups in total. The summed E-state index contributed by atoms with van der Waals surface area (Å²) in [6, 6.07) is 10.8. The van der Waals surface area contributed by atoms with Gasteiger partial charge in [0.25, 0.3) is 0 Å². The summed E-state index contributed by atoms with van der Waals surface area (Å²) in [4.78, 5) is 13.0. The first-order chi connectivity index (χ1) is 9.70. The van der Waals surface area contributed by atoms with E-state index in [-0.39, 0.29) is 18.8 Å². The van der Waals surface area contributed by atoms with Crippen molar-refractivity contribution in [2.75, 3.05) is 19.6 Å². The van der Waals surface area contributed by atoms with Crippen molar-refractivity contribution in [3.8, 4) is 0 Å². The lowest BCUT2D eigenvalue weighted by atomic mass is 9.79. The molecule has 118 valence electrons. The van der Waals surface area contributed by atoms with E-state index in [1.807, 2.05) is 0 Å². The Morgan fingerprint density at radius 1 is 1.33 bits per heavy atom. The van der Waals surface area contributed by atoms with Crippen LogP contribution in [0.4, 0.5) is 0 Å². The van der Waals surface area contributed by atoms with Crippen LogP contribution in [0.1, 0.15) is 44.1 Å². The molecule has 1 heterocycles. The molecule has 21 heavy (non-hydrogen) atoms. The van der Waals surface area contributed by atoms with Crippen LogP contribution in [-0.2, 0) is 4.79 Å². The Morgan fingerprint density at radius 3 is 2.67 bits per heavy atom. The first-order valence-electron chi connectivity index (χ1n) is 7.69. The van der Waals surface area contributed by atoms with Crippen LogP contribution in [-0.4, -0.2) is 35.6 Å². The number of halogens is 1. The number of hydrogen-bond donors (Lipinski definition) is 1. The number of rotatable bonds is 6. The molecule has 0 aliphatic carbocycles. The number of likely N-dealkylation sites (tertiary alicyclic amines) is 1. The predicted molar refractivity (Wildman–Crippen MR) is 88.1 cm³/mol. The Hall–Kier alpha value is -1.06. The van der Waals surface area contributed by atoms with Crippen LogP contribution in [0.15, 0.2) is 30.3 Å². The van der Waals surface area contributed by atoms with E-state index in [0.29, 0.717) is 11.8 Å². The number of nitrogens with zero attached hydrogens (tertiary/aromatic N) is 1. The molecule has 1 aliphatic heterocycles. The van der Waals surface area contributed by atoms with Crippen molar-refractivity contribution in [1.82, 2.24) is 4.90 Å². The highest BCUT2D eigenvalue weighted by atomic mass is 35.5. The van der Waals surface area contributed by atoms with Gasteiger partial charge < -0.3 is 10.0 Å². The zero-order chi connectivity index (χ0) is 14.4. The van der Waals surface area contributed by atoms with Gasteiger partial charge in [0.2, 0.25) is 0 Å². The molecule has 2 rings (SSSR count). The Kier molecular flexibility index (Phi) is 7.76. The summed E-state index contributed by atoms with van der Waals surface area (Å²) in [6.07, 6.45) is 3.43. The lowest BCUT2D eigenvalue weighted by molar-refractivity contribution is -0.137. The molecule has 0 spiro atoms. The van der Waals surface area contributed by atoms with E-state index in [4.69, 9.17) is 5.11 Å². The van der Waals surface area contributed by atoms with Crippen LogP contribution in [0.3, 0.4) is 0 Å². The summed E-state index contributed by atoms with van der Waals surface area (Å²) >= 11 is 0. The third kappa shape index (κ3) is 5.33. The van der Waals surface area contributed by atoms with E-state index in [1.165, 1.54) is 18.4 Å². The zero-order valence-corrected chi connectivity index (χ0v) is 13.5. The zero-order valence-electron chi connectivity index (χ0n) is 12.7. The number of benzene rings is 1. The highest BCUT2D eigenvalue weighted by Gasteiger charge is 2.28. The van der Waals surface area contributed by atoms with Crippen molar-refractivity contribution in [3.05, 3.63) is 35.9 Å². The Balaban J connectivity index is 0.00000220. The SMILES string of the molecule is CCC1CN(CCCC(=O)O)CCC1c1ccccc1.Cl. The molecule has 0 bridgehead atoms. The third-order valence-electron chi connectivity index (χ3n) is 4.44. The summed E-state index contributed by atoms with van der Waals surface area (Å²) in [5.74, 6) is 0.670. The summed E-state index contributed by atoms with van der Waals surface area (Å²) in [6.45, 7) is 5.39. The van der Waals surface area contributed by atoms with Crippen molar-refractivity contribution >= 4 is 18.4 Å². The van der Waals surface area contributed by atoms with Gasteiger partial charge in [0.1, 0.15) is 0 Å². The molecule has 0 aromatic heterocycles. The van der Waals surface area contributed by atoms with Crippen molar-refractivity contribution in [1.29, 1.82) is 0 Å². The average Bonchev–Trinajstić information content (AvgIpc) is 2.47. The standard InChI is InChI=1S/C17H25NO2.ClH/c1-2-14-13-18(11-6-9-17(19)20)12-10-16(14)15-7-4-3-5-8-15;/h3-5,7-8,14,16H,2,6,9-13H2,1H3,(H,19,20);1H. The lowest BCUT2D eigenvalue weighted by Crippen LogP contribution is -2.39. The Morgan fingerprint density at radius 2 is 2.05 bits per heavy atom. The summed E-state index contributed by atoms with van der Waals surface area (Å²) in [5, 5.41) is 8.71. The normalized spacial score (nSPS) is 22.5. The molecule has 0 radical (unpaired) electrons. The molecule has 0 saturated carbocycles. The topological polar surface area (TPSA) is 40.5 Å². The summed E-state index contributed by atoms with van der Waals surface area (Å²) in [5.41, 5.74) is 1.46. The molecular weight excluding hydrogens is 286 g/mol. The second-order valence-electron chi connectivity index (χ2n) is 5.77. The first kappa shape index (κ1) is 18.0. The fourth-order valence-electron chi connectivity index (χ4n) is 3.32. The largest absolute Gasteiger partial charge is 0.481 e. The molecule has 1 fully saturated rings. The average molecular weight is 312 g/mol. The molecule has 3 nitrogen and oxygen atoms in total. The molecule has 2 atom stereocenters. The highest BCUT2D eigenvalue weighted by molar-refractivity contribution is 5.85. The number of carboxylic acid groups (broad SMARTS) is 1. The molecular formula is C17H26ClNO2. The van der Waals surface area contributed by atoms with Crippen LogP contribution < -0.4 is 0 Å². The maximum atomic E-state index is 10.6. The number of aliphatic carboxylic acids is 1. The number of carboxylic acids is 1. The van der Waals surface area contributed by atoms with Crippen LogP contribution in [0.25, 0.3) is 0 Å².